The maximum atomic E-state index is 5.98. The molecule has 10 heteroatoms. The zero-order valence-electron chi connectivity index (χ0n) is 18.9. The van der Waals surface area contributed by atoms with E-state index in [0.717, 1.165) is 54.3 Å². The number of ether oxygens (including phenoxy) is 1. The van der Waals surface area contributed by atoms with Crippen LogP contribution in [0.2, 0.25) is 0 Å². The SMILES string of the molecule is Cc1cc(-n2cnnn2)cnc1OCC[C@@H]1C[C@@H]1C1CCN(c2nc(C(C)C)no2)CC1. The van der Waals surface area contributed by atoms with Crippen molar-refractivity contribution in [3.63, 3.8) is 0 Å². The summed E-state index contributed by atoms with van der Waals surface area (Å²) in [5.41, 5.74) is 1.81. The van der Waals surface area contributed by atoms with Crippen LogP contribution in [-0.4, -0.2) is 55.0 Å². The minimum absolute atomic E-state index is 0.294. The highest BCUT2D eigenvalue weighted by Crippen LogP contribution is 2.50. The number of piperidine rings is 1. The van der Waals surface area contributed by atoms with Gasteiger partial charge in [0.25, 0.3) is 0 Å². The summed E-state index contributed by atoms with van der Waals surface area (Å²) in [4.78, 5) is 11.2. The van der Waals surface area contributed by atoms with Gasteiger partial charge in [-0.15, -0.1) is 5.10 Å². The average molecular weight is 439 g/mol. The smallest absolute Gasteiger partial charge is 0.324 e. The second kappa shape index (κ2) is 8.84. The first-order chi connectivity index (χ1) is 15.6. The van der Waals surface area contributed by atoms with Gasteiger partial charge in [-0.3, -0.25) is 0 Å². The Kier molecular flexibility index (Phi) is 5.75. The third-order valence-corrected chi connectivity index (χ3v) is 6.70. The topological polar surface area (TPSA) is 108 Å². The Balaban J connectivity index is 1.05. The van der Waals surface area contributed by atoms with Crippen LogP contribution in [0.1, 0.15) is 56.8 Å². The van der Waals surface area contributed by atoms with Crippen LogP contribution in [0.4, 0.5) is 6.01 Å². The summed E-state index contributed by atoms with van der Waals surface area (Å²) in [6.45, 7) is 8.87. The largest absolute Gasteiger partial charge is 0.477 e. The predicted octanol–water partition coefficient (Wildman–Crippen LogP) is 3.19. The maximum Gasteiger partial charge on any atom is 0.324 e. The van der Waals surface area contributed by atoms with E-state index in [0.29, 0.717) is 24.4 Å². The average Bonchev–Trinajstić information content (AvgIpc) is 3.19. The summed E-state index contributed by atoms with van der Waals surface area (Å²) in [5, 5.41) is 15.3. The summed E-state index contributed by atoms with van der Waals surface area (Å²) in [7, 11) is 0. The fourth-order valence-electron chi connectivity index (χ4n) is 4.70. The van der Waals surface area contributed by atoms with Gasteiger partial charge in [-0.05, 0) is 66.9 Å². The van der Waals surface area contributed by atoms with Gasteiger partial charge in [0.15, 0.2) is 5.82 Å². The minimum Gasteiger partial charge on any atom is -0.477 e. The van der Waals surface area contributed by atoms with Gasteiger partial charge in [-0.25, -0.2) is 4.98 Å². The third kappa shape index (κ3) is 4.44. The van der Waals surface area contributed by atoms with Crippen molar-refractivity contribution in [1.82, 2.24) is 35.3 Å². The van der Waals surface area contributed by atoms with Crippen molar-refractivity contribution >= 4 is 6.01 Å². The van der Waals surface area contributed by atoms with E-state index in [1.807, 2.05) is 13.0 Å². The lowest BCUT2D eigenvalue weighted by molar-refractivity contribution is 0.273. The lowest BCUT2D eigenvalue weighted by Gasteiger charge is -2.30. The molecular weight excluding hydrogens is 408 g/mol. The van der Waals surface area contributed by atoms with Crippen molar-refractivity contribution < 1.29 is 9.26 Å². The molecule has 3 aromatic rings. The number of rotatable bonds is 8. The van der Waals surface area contributed by atoms with Gasteiger partial charge < -0.3 is 14.2 Å². The standard InChI is InChI=1S/C22H30N8O2/c1-14(2)20-25-22(32-26-20)29-7-4-16(5-8-29)19-11-17(19)6-9-31-21-15(3)10-18(12-23-21)30-13-24-27-28-30/h10,12-14,16-17,19H,4-9,11H2,1-3H3/t17-,19-/m1/s1. The first-order valence-corrected chi connectivity index (χ1v) is 11.5. The molecule has 0 bridgehead atoms. The van der Waals surface area contributed by atoms with Crippen molar-refractivity contribution in [2.75, 3.05) is 24.6 Å². The summed E-state index contributed by atoms with van der Waals surface area (Å²) in [6.07, 6.45) is 8.08. The first-order valence-electron chi connectivity index (χ1n) is 11.5. The van der Waals surface area contributed by atoms with E-state index in [1.165, 1.54) is 19.3 Å². The molecular formula is C22H30N8O2. The Morgan fingerprint density at radius 3 is 2.78 bits per heavy atom. The van der Waals surface area contributed by atoms with E-state index in [-0.39, 0.29) is 0 Å². The molecule has 0 aromatic carbocycles. The van der Waals surface area contributed by atoms with Crippen molar-refractivity contribution in [3.8, 4) is 11.6 Å². The number of tetrazole rings is 1. The van der Waals surface area contributed by atoms with Gasteiger partial charge in [0.1, 0.15) is 6.33 Å². The quantitative estimate of drug-likeness (QED) is 0.524. The van der Waals surface area contributed by atoms with Crippen LogP contribution in [0.25, 0.3) is 5.69 Å². The van der Waals surface area contributed by atoms with Gasteiger partial charge in [-0.1, -0.05) is 19.0 Å². The molecule has 1 aliphatic heterocycles. The predicted molar refractivity (Wildman–Crippen MR) is 117 cm³/mol. The van der Waals surface area contributed by atoms with Crippen LogP contribution >= 0.6 is 0 Å². The Morgan fingerprint density at radius 1 is 1.25 bits per heavy atom. The van der Waals surface area contributed by atoms with E-state index in [1.54, 1.807) is 17.2 Å². The normalized spacial score (nSPS) is 21.3. The number of pyridine rings is 1. The zero-order valence-corrected chi connectivity index (χ0v) is 18.9. The Bertz CT molecular complexity index is 1030. The van der Waals surface area contributed by atoms with Gasteiger partial charge in [0.2, 0.25) is 5.88 Å². The molecule has 0 unspecified atom stereocenters. The van der Waals surface area contributed by atoms with E-state index in [4.69, 9.17) is 9.26 Å². The number of hydrogen-bond donors (Lipinski definition) is 0. The van der Waals surface area contributed by atoms with Crippen molar-refractivity contribution in [2.24, 2.45) is 17.8 Å². The molecule has 0 spiro atoms. The van der Waals surface area contributed by atoms with Crippen LogP contribution in [0, 0.1) is 24.7 Å². The number of hydrogen-bond acceptors (Lipinski definition) is 9. The molecule has 170 valence electrons. The fraction of sp³-hybridized carbons (Fsp3) is 0.636. The summed E-state index contributed by atoms with van der Waals surface area (Å²) in [5.74, 6) is 4.16. The molecule has 10 nitrogen and oxygen atoms in total. The Morgan fingerprint density at radius 2 is 2.09 bits per heavy atom. The lowest BCUT2D eigenvalue weighted by Crippen LogP contribution is -2.34. The molecule has 32 heavy (non-hydrogen) atoms. The molecule has 1 saturated carbocycles. The van der Waals surface area contributed by atoms with E-state index in [9.17, 15) is 0 Å². The minimum atomic E-state index is 0.294. The molecule has 1 aliphatic carbocycles. The first kappa shape index (κ1) is 20.8. The van der Waals surface area contributed by atoms with Crippen LogP contribution in [0.5, 0.6) is 5.88 Å². The molecule has 0 N–H and O–H groups in total. The summed E-state index contributed by atoms with van der Waals surface area (Å²) < 4.78 is 13.0. The van der Waals surface area contributed by atoms with Crippen LogP contribution in [0.15, 0.2) is 23.1 Å². The monoisotopic (exact) mass is 438 g/mol. The van der Waals surface area contributed by atoms with Gasteiger partial charge in [-0.2, -0.15) is 9.67 Å². The van der Waals surface area contributed by atoms with Gasteiger partial charge in [0.05, 0.1) is 18.5 Å². The number of aromatic nitrogens is 7. The fourth-order valence-corrected chi connectivity index (χ4v) is 4.70. The van der Waals surface area contributed by atoms with Crippen LogP contribution in [0.3, 0.4) is 0 Å². The summed E-state index contributed by atoms with van der Waals surface area (Å²) in [6, 6.07) is 2.67. The second-order valence-corrected chi connectivity index (χ2v) is 9.28. The Hall–Kier alpha value is -3.04. The third-order valence-electron chi connectivity index (χ3n) is 6.70. The molecule has 2 fully saturated rings. The highest BCUT2D eigenvalue weighted by molar-refractivity contribution is 5.36. The summed E-state index contributed by atoms with van der Waals surface area (Å²) >= 11 is 0. The zero-order chi connectivity index (χ0) is 22.1. The molecule has 1 saturated heterocycles. The van der Waals surface area contributed by atoms with E-state index in [2.05, 4.69) is 49.4 Å². The number of nitrogens with zero attached hydrogens (tertiary/aromatic N) is 8. The Labute approximate surface area is 187 Å². The molecule has 0 amide bonds. The van der Waals surface area contributed by atoms with Gasteiger partial charge in [0, 0.05) is 24.6 Å². The molecule has 3 aromatic heterocycles. The highest BCUT2D eigenvalue weighted by atomic mass is 16.5. The van der Waals surface area contributed by atoms with Crippen molar-refractivity contribution in [2.45, 2.75) is 52.4 Å². The van der Waals surface area contributed by atoms with E-state index < -0.39 is 0 Å². The number of aryl methyl sites for hydroxylation is 1. The van der Waals surface area contributed by atoms with Crippen LogP contribution in [-0.2, 0) is 0 Å². The molecule has 2 aliphatic rings. The second-order valence-electron chi connectivity index (χ2n) is 9.28. The van der Waals surface area contributed by atoms with E-state index >= 15 is 0 Å². The van der Waals surface area contributed by atoms with Crippen molar-refractivity contribution in [3.05, 3.63) is 30.0 Å². The number of anilines is 1. The van der Waals surface area contributed by atoms with Gasteiger partial charge >= 0.3 is 6.01 Å². The van der Waals surface area contributed by atoms with Crippen molar-refractivity contribution in [1.29, 1.82) is 0 Å². The maximum absolute atomic E-state index is 5.98. The lowest BCUT2D eigenvalue weighted by atomic mass is 9.90. The molecule has 4 heterocycles. The molecule has 0 radical (unpaired) electrons. The molecule has 5 rings (SSSR count). The van der Waals surface area contributed by atoms with Crippen LogP contribution < -0.4 is 9.64 Å². The highest BCUT2D eigenvalue weighted by Gasteiger charge is 2.43. The molecule has 2 atom stereocenters.